The van der Waals surface area contributed by atoms with Crippen molar-refractivity contribution in [1.29, 1.82) is 0 Å². The Morgan fingerprint density at radius 2 is 1.89 bits per heavy atom. The largest absolute Gasteiger partial charge is 0.313 e. The maximum Gasteiger partial charge on any atom is 0.0197 e. The molecule has 2 nitrogen and oxygen atoms in total. The monoisotopic (exact) mass is 254 g/mol. The third kappa shape index (κ3) is 5.27. The van der Waals surface area contributed by atoms with Gasteiger partial charge in [-0.05, 0) is 38.1 Å². The zero-order valence-electron chi connectivity index (χ0n) is 13.2. The minimum Gasteiger partial charge on any atom is -0.313 e. The van der Waals surface area contributed by atoms with Gasteiger partial charge in [-0.1, -0.05) is 40.5 Å². The van der Waals surface area contributed by atoms with Crippen molar-refractivity contribution in [3.8, 4) is 0 Å². The number of hydrogen-bond acceptors (Lipinski definition) is 2. The van der Waals surface area contributed by atoms with Gasteiger partial charge in [-0.2, -0.15) is 0 Å². The second kappa shape index (κ2) is 8.16. The Morgan fingerprint density at radius 3 is 2.44 bits per heavy atom. The summed E-state index contributed by atoms with van der Waals surface area (Å²) in [4.78, 5) is 2.74. The lowest BCUT2D eigenvalue weighted by Gasteiger charge is -2.32. The van der Waals surface area contributed by atoms with E-state index in [0.29, 0.717) is 6.04 Å². The highest BCUT2D eigenvalue weighted by atomic mass is 15.2. The molecule has 0 radical (unpaired) electrons. The van der Waals surface area contributed by atoms with E-state index in [1.54, 1.807) is 0 Å². The molecule has 0 aliphatic carbocycles. The van der Waals surface area contributed by atoms with Gasteiger partial charge in [0.2, 0.25) is 0 Å². The third-order valence-corrected chi connectivity index (χ3v) is 4.48. The molecule has 1 aliphatic heterocycles. The number of nitrogens with zero attached hydrogens (tertiary/aromatic N) is 1. The van der Waals surface area contributed by atoms with Crippen molar-refractivity contribution in [3.05, 3.63) is 0 Å². The van der Waals surface area contributed by atoms with Gasteiger partial charge in [0.05, 0.1) is 0 Å². The number of nitrogens with one attached hydrogen (secondary N) is 1. The standard InChI is InChI=1S/C16H34N2/c1-6-15(7-2)11-18-12-16(10-13(3)4)17-9-8-14(18)5/h13-17H,6-12H2,1-5H3. The third-order valence-electron chi connectivity index (χ3n) is 4.48. The molecule has 1 rings (SSSR count). The first-order chi connectivity index (χ1) is 8.56. The summed E-state index contributed by atoms with van der Waals surface area (Å²) in [6.45, 7) is 15.5. The summed E-state index contributed by atoms with van der Waals surface area (Å²) in [5, 5.41) is 3.74. The van der Waals surface area contributed by atoms with Crippen LogP contribution >= 0.6 is 0 Å². The summed E-state index contributed by atoms with van der Waals surface area (Å²) in [6, 6.07) is 1.44. The molecule has 0 aromatic rings. The lowest BCUT2D eigenvalue weighted by Crippen LogP contribution is -2.42. The molecular formula is C16H34N2. The molecule has 0 bridgehead atoms. The topological polar surface area (TPSA) is 15.3 Å². The summed E-state index contributed by atoms with van der Waals surface area (Å²) in [7, 11) is 0. The Kier molecular flexibility index (Phi) is 7.25. The van der Waals surface area contributed by atoms with Crippen LogP contribution in [0.4, 0.5) is 0 Å². The van der Waals surface area contributed by atoms with Crippen molar-refractivity contribution in [1.82, 2.24) is 10.2 Å². The SMILES string of the molecule is CCC(CC)CN1CC(CC(C)C)NCCC1C. The Labute approximate surface area is 115 Å². The van der Waals surface area contributed by atoms with E-state index in [4.69, 9.17) is 0 Å². The average Bonchev–Trinajstić information content (AvgIpc) is 2.48. The molecule has 0 amide bonds. The molecule has 2 heteroatoms. The van der Waals surface area contributed by atoms with Crippen LogP contribution in [0.25, 0.3) is 0 Å². The van der Waals surface area contributed by atoms with Crippen LogP contribution in [-0.2, 0) is 0 Å². The van der Waals surface area contributed by atoms with E-state index < -0.39 is 0 Å². The molecule has 1 aliphatic rings. The van der Waals surface area contributed by atoms with Crippen LogP contribution < -0.4 is 5.32 Å². The van der Waals surface area contributed by atoms with Gasteiger partial charge in [-0.15, -0.1) is 0 Å². The molecule has 1 N–H and O–H groups in total. The number of hydrogen-bond donors (Lipinski definition) is 1. The maximum absolute atomic E-state index is 3.74. The zero-order valence-corrected chi connectivity index (χ0v) is 13.2. The van der Waals surface area contributed by atoms with Gasteiger partial charge in [0.25, 0.3) is 0 Å². The Hall–Kier alpha value is -0.0800. The van der Waals surface area contributed by atoms with Gasteiger partial charge in [-0.25, -0.2) is 0 Å². The molecular weight excluding hydrogens is 220 g/mol. The van der Waals surface area contributed by atoms with Crippen molar-refractivity contribution in [2.75, 3.05) is 19.6 Å². The van der Waals surface area contributed by atoms with Crippen molar-refractivity contribution in [2.24, 2.45) is 11.8 Å². The molecule has 2 atom stereocenters. The van der Waals surface area contributed by atoms with E-state index in [-0.39, 0.29) is 0 Å². The van der Waals surface area contributed by atoms with E-state index in [1.165, 1.54) is 45.3 Å². The summed E-state index contributed by atoms with van der Waals surface area (Å²) in [5.74, 6) is 1.68. The molecule has 1 fully saturated rings. The van der Waals surface area contributed by atoms with Crippen LogP contribution in [-0.4, -0.2) is 36.6 Å². The Balaban J connectivity index is 2.55. The van der Waals surface area contributed by atoms with Gasteiger partial charge < -0.3 is 5.32 Å². The molecule has 1 heterocycles. The second-order valence-electron chi connectivity index (χ2n) is 6.55. The van der Waals surface area contributed by atoms with Crippen molar-refractivity contribution >= 4 is 0 Å². The van der Waals surface area contributed by atoms with E-state index >= 15 is 0 Å². The summed E-state index contributed by atoms with van der Waals surface area (Å²) < 4.78 is 0. The van der Waals surface area contributed by atoms with Crippen LogP contribution in [0.15, 0.2) is 0 Å². The first-order valence-electron chi connectivity index (χ1n) is 8.04. The van der Waals surface area contributed by atoms with Crippen LogP contribution in [0.3, 0.4) is 0 Å². The van der Waals surface area contributed by atoms with Gasteiger partial charge in [0, 0.05) is 25.2 Å². The normalized spacial score (nSPS) is 26.8. The van der Waals surface area contributed by atoms with Gasteiger partial charge in [0.1, 0.15) is 0 Å². The van der Waals surface area contributed by atoms with Gasteiger partial charge >= 0.3 is 0 Å². The smallest absolute Gasteiger partial charge is 0.0197 e. The fraction of sp³-hybridized carbons (Fsp3) is 1.00. The molecule has 0 spiro atoms. The summed E-state index contributed by atoms with van der Waals surface area (Å²) >= 11 is 0. The first-order valence-corrected chi connectivity index (χ1v) is 8.04. The summed E-state index contributed by atoms with van der Waals surface area (Å²) in [5.41, 5.74) is 0. The van der Waals surface area contributed by atoms with E-state index in [0.717, 1.165) is 17.9 Å². The molecule has 0 saturated carbocycles. The molecule has 2 unspecified atom stereocenters. The zero-order chi connectivity index (χ0) is 13.5. The highest BCUT2D eigenvalue weighted by Gasteiger charge is 2.24. The molecule has 0 aromatic carbocycles. The molecule has 0 aromatic heterocycles. The lowest BCUT2D eigenvalue weighted by molar-refractivity contribution is 0.164. The minimum atomic E-state index is 0.698. The number of rotatable bonds is 6. The van der Waals surface area contributed by atoms with Crippen molar-refractivity contribution in [2.45, 2.75) is 72.4 Å². The average molecular weight is 254 g/mol. The Morgan fingerprint density at radius 1 is 1.22 bits per heavy atom. The second-order valence-corrected chi connectivity index (χ2v) is 6.55. The van der Waals surface area contributed by atoms with Gasteiger partial charge in [0.15, 0.2) is 0 Å². The highest BCUT2D eigenvalue weighted by molar-refractivity contribution is 4.82. The molecule has 1 saturated heterocycles. The maximum atomic E-state index is 3.74. The highest BCUT2D eigenvalue weighted by Crippen LogP contribution is 2.18. The van der Waals surface area contributed by atoms with E-state index in [1.807, 2.05) is 0 Å². The molecule has 18 heavy (non-hydrogen) atoms. The van der Waals surface area contributed by atoms with Gasteiger partial charge in [-0.3, -0.25) is 4.90 Å². The van der Waals surface area contributed by atoms with E-state index in [2.05, 4.69) is 44.8 Å². The minimum absolute atomic E-state index is 0.698. The molecule has 108 valence electrons. The van der Waals surface area contributed by atoms with Crippen LogP contribution in [0, 0.1) is 11.8 Å². The van der Waals surface area contributed by atoms with E-state index in [9.17, 15) is 0 Å². The van der Waals surface area contributed by atoms with Crippen LogP contribution in [0.1, 0.15) is 60.3 Å². The lowest BCUT2D eigenvalue weighted by atomic mass is 10.00. The fourth-order valence-electron chi connectivity index (χ4n) is 3.07. The first kappa shape index (κ1) is 16.0. The summed E-state index contributed by atoms with van der Waals surface area (Å²) in [6.07, 6.45) is 5.25. The predicted octanol–water partition coefficient (Wildman–Crippen LogP) is 3.52. The van der Waals surface area contributed by atoms with Crippen LogP contribution in [0.5, 0.6) is 0 Å². The predicted molar refractivity (Wildman–Crippen MR) is 81.0 cm³/mol. The van der Waals surface area contributed by atoms with Crippen LogP contribution in [0.2, 0.25) is 0 Å². The quantitative estimate of drug-likeness (QED) is 0.780. The Bertz CT molecular complexity index is 211. The fourth-order valence-corrected chi connectivity index (χ4v) is 3.07. The van der Waals surface area contributed by atoms with Crippen molar-refractivity contribution < 1.29 is 0 Å². The van der Waals surface area contributed by atoms with Crippen molar-refractivity contribution in [3.63, 3.8) is 0 Å².